The van der Waals surface area contributed by atoms with Gasteiger partial charge in [0.25, 0.3) is 10.0 Å². The van der Waals surface area contributed by atoms with Crippen molar-refractivity contribution in [3.8, 4) is 0 Å². The van der Waals surface area contributed by atoms with Crippen LogP contribution in [0.4, 0.5) is 5.69 Å². The summed E-state index contributed by atoms with van der Waals surface area (Å²) in [5, 5.41) is 2.83. The Morgan fingerprint density at radius 3 is 2.08 bits per heavy atom. The number of rotatable bonds is 12. The van der Waals surface area contributed by atoms with Crippen molar-refractivity contribution in [2.24, 2.45) is 0 Å². The first kappa shape index (κ1) is 30.9. The van der Waals surface area contributed by atoms with Gasteiger partial charge in [0.2, 0.25) is 11.8 Å². The van der Waals surface area contributed by atoms with Gasteiger partial charge in [0.15, 0.2) is 0 Å². The van der Waals surface area contributed by atoms with Crippen LogP contribution in [-0.4, -0.2) is 44.3 Å². The smallest absolute Gasteiger partial charge is 0.264 e. The molecular formula is C32H41N3O4S. The standard InChI is InChI=1S/C32H41N3O4S/c1-7-30(32(37)33-8-2)34(21-26-11-9-10-25(6)20-26)31(36)22-35(28-16-14-27(15-17-28)23(3)4)40(38,39)29-18-12-24(5)13-19-29/h9-20,23,30H,7-8,21-22H2,1-6H3,(H,33,37)/t30-/m1/s1. The molecule has 8 heteroatoms. The van der Waals surface area contributed by atoms with Crippen LogP contribution in [0.1, 0.15) is 62.3 Å². The summed E-state index contributed by atoms with van der Waals surface area (Å²) >= 11 is 0. The van der Waals surface area contributed by atoms with Gasteiger partial charge in [-0.1, -0.05) is 80.4 Å². The highest BCUT2D eigenvalue weighted by Gasteiger charge is 2.33. The largest absolute Gasteiger partial charge is 0.355 e. The van der Waals surface area contributed by atoms with E-state index >= 15 is 0 Å². The number of amides is 2. The maximum atomic E-state index is 14.1. The molecule has 0 aliphatic carbocycles. The fourth-order valence-electron chi connectivity index (χ4n) is 4.61. The number of sulfonamides is 1. The third-order valence-electron chi connectivity index (χ3n) is 6.91. The van der Waals surface area contributed by atoms with Crippen LogP contribution in [0.2, 0.25) is 0 Å². The molecule has 0 unspecified atom stereocenters. The maximum absolute atomic E-state index is 14.1. The minimum Gasteiger partial charge on any atom is -0.355 e. The summed E-state index contributed by atoms with van der Waals surface area (Å²) in [7, 11) is -4.09. The molecule has 0 bridgehead atoms. The molecule has 2 amide bonds. The van der Waals surface area contributed by atoms with Gasteiger partial charge in [-0.2, -0.15) is 0 Å². The van der Waals surface area contributed by atoms with Crippen molar-refractivity contribution in [3.05, 3.63) is 95.1 Å². The summed E-state index contributed by atoms with van der Waals surface area (Å²) in [6.07, 6.45) is 0.386. The molecule has 214 valence electrons. The van der Waals surface area contributed by atoms with Gasteiger partial charge < -0.3 is 10.2 Å². The van der Waals surface area contributed by atoms with Crippen LogP contribution in [-0.2, 0) is 26.2 Å². The Balaban J connectivity index is 2.07. The number of likely N-dealkylation sites (N-methyl/N-ethyl adjacent to an activating group) is 1. The molecule has 0 aromatic heterocycles. The zero-order valence-electron chi connectivity index (χ0n) is 24.3. The third kappa shape index (κ3) is 7.50. The number of aryl methyl sites for hydroxylation is 2. The third-order valence-corrected chi connectivity index (χ3v) is 8.70. The van der Waals surface area contributed by atoms with Gasteiger partial charge in [-0.05, 0) is 68.5 Å². The lowest BCUT2D eigenvalue weighted by Gasteiger charge is -2.33. The zero-order chi connectivity index (χ0) is 29.4. The van der Waals surface area contributed by atoms with Crippen molar-refractivity contribution in [2.75, 3.05) is 17.4 Å². The number of nitrogens with one attached hydrogen (secondary N) is 1. The van der Waals surface area contributed by atoms with E-state index in [9.17, 15) is 18.0 Å². The molecule has 3 aromatic carbocycles. The molecule has 0 aliphatic heterocycles. The molecule has 3 aromatic rings. The molecule has 1 N–H and O–H groups in total. The van der Waals surface area contributed by atoms with Gasteiger partial charge in [0.1, 0.15) is 12.6 Å². The van der Waals surface area contributed by atoms with Crippen LogP contribution in [0.15, 0.2) is 77.7 Å². The Bertz CT molecular complexity index is 1400. The van der Waals surface area contributed by atoms with Gasteiger partial charge >= 0.3 is 0 Å². The Morgan fingerprint density at radius 1 is 0.875 bits per heavy atom. The second kappa shape index (κ2) is 13.6. The van der Waals surface area contributed by atoms with E-state index in [4.69, 9.17) is 0 Å². The molecular weight excluding hydrogens is 522 g/mol. The fourth-order valence-corrected chi connectivity index (χ4v) is 6.02. The first-order valence-electron chi connectivity index (χ1n) is 13.8. The predicted octanol–water partition coefficient (Wildman–Crippen LogP) is 5.57. The van der Waals surface area contributed by atoms with Gasteiger partial charge in [-0.25, -0.2) is 8.42 Å². The average Bonchev–Trinajstić information content (AvgIpc) is 2.92. The molecule has 0 fully saturated rings. The van der Waals surface area contributed by atoms with Crippen LogP contribution >= 0.6 is 0 Å². The molecule has 0 aliphatic rings. The molecule has 0 saturated carbocycles. The van der Waals surface area contributed by atoms with Crippen LogP contribution in [0.25, 0.3) is 0 Å². The van der Waals surface area contributed by atoms with E-state index in [0.717, 1.165) is 26.6 Å². The fraction of sp³-hybridized carbons (Fsp3) is 0.375. The van der Waals surface area contributed by atoms with Crippen molar-refractivity contribution in [2.45, 2.75) is 71.4 Å². The molecule has 7 nitrogen and oxygen atoms in total. The van der Waals surface area contributed by atoms with E-state index in [-0.39, 0.29) is 23.3 Å². The topological polar surface area (TPSA) is 86.8 Å². The highest BCUT2D eigenvalue weighted by molar-refractivity contribution is 7.92. The van der Waals surface area contributed by atoms with Crippen LogP contribution in [0.3, 0.4) is 0 Å². The van der Waals surface area contributed by atoms with E-state index < -0.39 is 28.5 Å². The second-order valence-corrected chi connectivity index (χ2v) is 12.3. The summed E-state index contributed by atoms with van der Waals surface area (Å²) in [6, 6.07) is 20.8. The summed E-state index contributed by atoms with van der Waals surface area (Å²) in [4.78, 5) is 28.7. The number of hydrogen-bond acceptors (Lipinski definition) is 4. The predicted molar refractivity (Wildman–Crippen MR) is 161 cm³/mol. The summed E-state index contributed by atoms with van der Waals surface area (Å²) < 4.78 is 29.1. The molecule has 0 radical (unpaired) electrons. The van der Waals surface area contributed by atoms with E-state index in [1.807, 2.05) is 64.1 Å². The van der Waals surface area contributed by atoms with Gasteiger partial charge in [0, 0.05) is 13.1 Å². The minimum absolute atomic E-state index is 0.0971. The molecule has 3 rings (SSSR count). The Labute approximate surface area is 239 Å². The average molecular weight is 564 g/mol. The lowest BCUT2D eigenvalue weighted by molar-refractivity contribution is -0.140. The zero-order valence-corrected chi connectivity index (χ0v) is 25.2. The lowest BCUT2D eigenvalue weighted by atomic mass is 10.0. The summed E-state index contributed by atoms with van der Waals surface area (Å²) in [6.45, 7) is 11.8. The van der Waals surface area contributed by atoms with Crippen molar-refractivity contribution in [1.29, 1.82) is 0 Å². The maximum Gasteiger partial charge on any atom is 0.264 e. The quantitative estimate of drug-likeness (QED) is 0.312. The Kier molecular flexibility index (Phi) is 10.5. The summed E-state index contributed by atoms with van der Waals surface area (Å²) in [5.41, 5.74) is 4.28. The number of carbonyl (C=O) groups is 2. The Morgan fingerprint density at radius 2 is 1.52 bits per heavy atom. The van der Waals surface area contributed by atoms with E-state index in [0.29, 0.717) is 18.7 Å². The van der Waals surface area contributed by atoms with Crippen LogP contribution in [0.5, 0.6) is 0 Å². The molecule has 0 heterocycles. The van der Waals surface area contributed by atoms with Crippen LogP contribution < -0.4 is 9.62 Å². The monoisotopic (exact) mass is 563 g/mol. The highest BCUT2D eigenvalue weighted by Crippen LogP contribution is 2.27. The first-order chi connectivity index (χ1) is 19.0. The molecule has 40 heavy (non-hydrogen) atoms. The van der Waals surface area contributed by atoms with Crippen molar-refractivity contribution >= 4 is 27.5 Å². The highest BCUT2D eigenvalue weighted by atomic mass is 32.2. The molecule has 1 atom stereocenters. The summed E-state index contributed by atoms with van der Waals surface area (Å²) in [5.74, 6) is -0.450. The van der Waals surface area contributed by atoms with Gasteiger partial charge in [0.05, 0.1) is 10.6 Å². The number of anilines is 1. The number of benzene rings is 3. The van der Waals surface area contributed by atoms with Crippen molar-refractivity contribution in [1.82, 2.24) is 10.2 Å². The van der Waals surface area contributed by atoms with E-state index in [2.05, 4.69) is 19.2 Å². The van der Waals surface area contributed by atoms with Crippen molar-refractivity contribution in [3.63, 3.8) is 0 Å². The van der Waals surface area contributed by atoms with Crippen molar-refractivity contribution < 1.29 is 18.0 Å². The first-order valence-corrected chi connectivity index (χ1v) is 15.2. The normalized spacial score (nSPS) is 12.2. The number of nitrogens with zero attached hydrogens (tertiary/aromatic N) is 2. The van der Waals surface area contributed by atoms with E-state index in [1.54, 1.807) is 36.4 Å². The van der Waals surface area contributed by atoms with Crippen LogP contribution in [0, 0.1) is 13.8 Å². The lowest BCUT2D eigenvalue weighted by Crippen LogP contribution is -2.52. The van der Waals surface area contributed by atoms with Gasteiger partial charge in [-0.3, -0.25) is 13.9 Å². The number of carbonyl (C=O) groups excluding carboxylic acids is 2. The Hall–Kier alpha value is -3.65. The molecule has 0 spiro atoms. The minimum atomic E-state index is -4.09. The van der Waals surface area contributed by atoms with Gasteiger partial charge in [-0.15, -0.1) is 0 Å². The number of hydrogen-bond donors (Lipinski definition) is 1. The molecule has 0 saturated heterocycles. The van der Waals surface area contributed by atoms with E-state index in [1.165, 1.54) is 4.90 Å². The SMILES string of the molecule is CCNC(=O)[C@@H](CC)N(Cc1cccc(C)c1)C(=O)CN(c1ccc(C(C)C)cc1)S(=O)(=O)c1ccc(C)cc1. The second-order valence-electron chi connectivity index (χ2n) is 10.4.